The number of hydrogen-bond donors (Lipinski definition) is 0. The quantitative estimate of drug-likeness (QED) is 0.802. The Bertz CT molecular complexity index is 730. The maximum atomic E-state index is 12.7. The summed E-state index contributed by atoms with van der Waals surface area (Å²) < 4.78 is 5.16. The summed E-state index contributed by atoms with van der Waals surface area (Å²) in [6, 6.07) is 18.1. The van der Waals surface area contributed by atoms with Crippen molar-refractivity contribution in [3.63, 3.8) is 0 Å². The number of benzene rings is 2. The molecule has 1 heterocycles. The second-order valence-electron chi connectivity index (χ2n) is 6.22. The lowest BCUT2D eigenvalue weighted by molar-refractivity contribution is -0.127. The van der Waals surface area contributed by atoms with Crippen molar-refractivity contribution in [1.82, 2.24) is 4.90 Å². The minimum Gasteiger partial charge on any atom is -0.497 e. The van der Waals surface area contributed by atoms with Crippen LogP contribution in [0.5, 0.6) is 5.75 Å². The van der Waals surface area contributed by atoms with E-state index in [9.17, 15) is 4.79 Å². The number of rotatable bonds is 4. The summed E-state index contributed by atoms with van der Waals surface area (Å²) in [6.07, 6.45) is 1.94. The van der Waals surface area contributed by atoms with Crippen LogP contribution in [0.15, 0.2) is 60.2 Å². The molecule has 1 amide bonds. The average Bonchev–Trinajstić information content (AvgIpc) is 2.69. The van der Waals surface area contributed by atoms with Gasteiger partial charge in [-0.25, -0.2) is 0 Å². The van der Waals surface area contributed by atoms with E-state index in [2.05, 4.69) is 29.2 Å². The van der Waals surface area contributed by atoms with Gasteiger partial charge in [0.25, 0.3) is 0 Å². The molecule has 3 rings (SSSR count). The summed E-state index contributed by atoms with van der Waals surface area (Å²) >= 11 is 0. The third-order valence-electron chi connectivity index (χ3n) is 4.52. The molecule has 2 aromatic carbocycles. The van der Waals surface area contributed by atoms with Crippen molar-refractivity contribution < 1.29 is 9.53 Å². The number of para-hydroxylation sites is 1. The Balaban J connectivity index is 1.60. The Labute approximate surface area is 149 Å². The van der Waals surface area contributed by atoms with Crippen LogP contribution in [-0.2, 0) is 4.79 Å². The van der Waals surface area contributed by atoms with Crippen molar-refractivity contribution in [1.29, 1.82) is 0 Å². The first-order chi connectivity index (χ1) is 12.2. The van der Waals surface area contributed by atoms with E-state index in [0.717, 1.165) is 43.1 Å². The number of carbonyl (C=O) groups excluding carboxylic acids is 1. The molecule has 0 aliphatic carbocycles. The van der Waals surface area contributed by atoms with Gasteiger partial charge < -0.3 is 14.5 Å². The lowest BCUT2D eigenvalue weighted by Crippen LogP contribution is -2.49. The van der Waals surface area contributed by atoms with Gasteiger partial charge in [0.2, 0.25) is 5.91 Å². The van der Waals surface area contributed by atoms with Gasteiger partial charge in [-0.05, 0) is 42.8 Å². The average molecular weight is 336 g/mol. The second kappa shape index (κ2) is 7.88. The molecule has 0 unspecified atom stereocenters. The normalized spacial score (nSPS) is 15.2. The van der Waals surface area contributed by atoms with E-state index in [4.69, 9.17) is 4.74 Å². The zero-order valence-electron chi connectivity index (χ0n) is 14.8. The Kier molecular flexibility index (Phi) is 5.39. The van der Waals surface area contributed by atoms with E-state index in [0.29, 0.717) is 0 Å². The third-order valence-corrected chi connectivity index (χ3v) is 4.52. The fraction of sp³-hybridized carbons (Fsp3) is 0.286. The van der Waals surface area contributed by atoms with Crippen molar-refractivity contribution in [2.24, 2.45) is 0 Å². The number of amides is 1. The van der Waals surface area contributed by atoms with Gasteiger partial charge in [-0.2, -0.15) is 0 Å². The zero-order valence-corrected chi connectivity index (χ0v) is 14.8. The van der Waals surface area contributed by atoms with Crippen molar-refractivity contribution in [3.8, 4) is 5.75 Å². The van der Waals surface area contributed by atoms with Crippen molar-refractivity contribution >= 4 is 17.7 Å². The number of ether oxygens (including phenoxy) is 1. The molecule has 4 heteroatoms. The van der Waals surface area contributed by atoms with E-state index < -0.39 is 0 Å². The van der Waals surface area contributed by atoms with Crippen LogP contribution in [0.2, 0.25) is 0 Å². The molecule has 1 aliphatic heterocycles. The second-order valence-corrected chi connectivity index (χ2v) is 6.22. The monoisotopic (exact) mass is 336 g/mol. The Hall–Kier alpha value is -2.75. The third kappa shape index (κ3) is 4.21. The molecule has 2 aromatic rings. The molecule has 0 bridgehead atoms. The number of nitrogens with zero attached hydrogens (tertiary/aromatic N) is 2. The molecule has 1 saturated heterocycles. The number of piperazine rings is 1. The van der Waals surface area contributed by atoms with Crippen LogP contribution in [0.4, 0.5) is 5.69 Å². The molecule has 1 fully saturated rings. The van der Waals surface area contributed by atoms with E-state index in [-0.39, 0.29) is 5.91 Å². The SMILES string of the molecule is COc1ccc(/C=C(\C)C(=O)N2CCN(c3ccccc3)CC2)cc1. The topological polar surface area (TPSA) is 32.8 Å². The maximum Gasteiger partial charge on any atom is 0.249 e. The van der Waals surface area contributed by atoms with Gasteiger partial charge in [0, 0.05) is 37.4 Å². The number of anilines is 1. The summed E-state index contributed by atoms with van der Waals surface area (Å²) in [4.78, 5) is 16.9. The molecule has 0 N–H and O–H groups in total. The summed E-state index contributed by atoms with van der Waals surface area (Å²) in [5.41, 5.74) is 2.99. The minimum absolute atomic E-state index is 0.114. The number of carbonyl (C=O) groups is 1. The van der Waals surface area contributed by atoms with Crippen molar-refractivity contribution in [3.05, 3.63) is 65.7 Å². The highest BCUT2D eigenvalue weighted by Crippen LogP contribution is 2.18. The molecule has 0 saturated carbocycles. The molecule has 25 heavy (non-hydrogen) atoms. The first kappa shape index (κ1) is 17.1. The molecule has 0 radical (unpaired) electrons. The molecule has 4 nitrogen and oxygen atoms in total. The molecule has 0 atom stereocenters. The smallest absolute Gasteiger partial charge is 0.249 e. The number of methoxy groups -OCH3 is 1. The lowest BCUT2D eigenvalue weighted by atomic mass is 10.1. The molecule has 1 aliphatic rings. The van der Waals surface area contributed by atoms with E-state index in [1.54, 1.807) is 7.11 Å². The summed E-state index contributed by atoms with van der Waals surface area (Å²) in [5, 5.41) is 0. The van der Waals surface area contributed by atoms with Crippen LogP contribution < -0.4 is 9.64 Å². The van der Waals surface area contributed by atoms with Crippen LogP contribution in [-0.4, -0.2) is 44.1 Å². The minimum atomic E-state index is 0.114. The first-order valence-corrected chi connectivity index (χ1v) is 8.59. The van der Waals surface area contributed by atoms with Crippen molar-refractivity contribution in [2.45, 2.75) is 6.92 Å². The predicted octanol–water partition coefficient (Wildman–Crippen LogP) is 3.45. The van der Waals surface area contributed by atoms with Crippen LogP contribution in [0.25, 0.3) is 6.08 Å². The molecule has 130 valence electrons. The Morgan fingerprint density at radius 2 is 1.60 bits per heavy atom. The highest BCUT2D eigenvalue weighted by atomic mass is 16.5. The largest absolute Gasteiger partial charge is 0.497 e. The van der Waals surface area contributed by atoms with E-state index in [1.807, 2.05) is 48.2 Å². The van der Waals surface area contributed by atoms with Gasteiger partial charge >= 0.3 is 0 Å². The van der Waals surface area contributed by atoms with E-state index in [1.165, 1.54) is 5.69 Å². The van der Waals surface area contributed by atoms with Gasteiger partial charge in [0.1, 0.15) is 5.75 Å². The van der Waals surface area contributed by atoms with Gasteiger partial charge in [0.05, 0.1) is 7.11 Å². The summed E-state index contributed by atoms with van der Waals surface area (Å²) in [6.45, 7) is 5.12. The maximum absolute atomic E-state index is 12.7. The number of hydrogen-bond acceptors (Lipinski definition) is 3. The van der Waals surface area contributed by atoms with Crippen molar-refractivity contribution in [2.75, 3.05) is 38.2 Å². The summed E-state index contributed by atoms with van der Waals surface area (Å²) in [5.74, 6) is 0.932. The first-order valence-electron chi connectivity index (χ1n) is 8.59. The predicted molar refractivity (Wildman–Crippen MR) is 102 cm³/mol. The summed E-state index contributed by atoms with van der Waals surface area (Å²) in [7, 11) is 1.65. The van der Waals surface area contributed by atoms with Gasteiger partial charge in [0.15, 0.2) is 0 Å². The molecular weight excluding hydrogens is 312 g/mol. The van der Waals surface area contributed by atoms with Crippen LogP contribution >= 0.6 is 0 Å². The Morgan fingerprint density at radius 3 is 2.20 bits per heavy atom. The van der Waals surface area contributed by atoms with Crippen LogP contribution in [0.1, 0.15) is 12.5 Å². The van der Waals surface area contributed by atoms with Gasteiger partial charge in [-0.15, -0.1) is 0 Å². The molecular formula is C21H24N2O2. The fourth-order valence-electron chi connectivity index (χ4n) is 3.07. The lowest BCUT2D eigenvalue weighted by Gasteiger charge is -2.36. The Morgan fingerprint density at radius 1 is 0.960 bits per heavy atom. The standard InChI is InChI=1S/C21H24N2O2/c1-17(16-18-8-10-20(25-2)11-9-18)21(24)23-14-12-22(13-15-23)19-6-4-3-5-7-19/h3-11,16H,12-15H2,1-2H3/b17-16+. The molecule has 0 aromatic heterocycles. The highest BCUT2D eigenvalue weighted by Gasteiger charge is 2.21. The highest BCUT2D eigenvalue weighted by molar-refractivity contribution is 5.97. The van der Waals surface area contributed by atoms with Crippen LogP contribution in [0.3, 0.4) is 0 Å². The van der Waals surface area contributed by atoms with E-state index >= 15 is 0 Å². The van der Waals surface area contributed by atoms with Crippen LogP contribution in [0, 0.1) is 0 Å². The fourth-order valence-corrected chi connectivity index (χ4v) is 3.07. The molecule has 0 spiro atoms. The van der Waals surface area contributed by atoms with Gasteiger partial charge in [-0.3, -0.25) is 4.79 Å². The van der Waals surface area contributed by atoms with Gasteiger partial charge in [-0.1, -0.05) is 30.3 Å². The zero-order chi connectivity index (χ0) is 17.6.